The summed E-state index contributed by atoms with van der Waals surface area (Å²) in [5, 5.41) is 0. The summed E-state index contributed by atoms with van der Waals surface area (Å²) in [7, 11) is 0. The second-order valence-corrected chi connectivity index (χ2v) is 10.4. The molecule has 0 spiro atoms. The van der Waals surface area contributed by atoms with Crippen LogP contribution in [-0.4, -0.2) is 26.9 Å². The maximum Gasteiger partial charge on any atom is 0.255 e. The van der Waals surface area contributed by atoms with Crippen molar-refractivity contribution in [3.8, 4) is 11.1 Å². The van der Waals surface area contributed by atoms with E-state index in [0.29, 0.717) is 0 Å². The van der Waals surface area contributed by atoms with Crippen molar-refractivity contribution >= 4 is 16.9 Å². The lowest BCUT2D eigenvalue weighted by atomic mass is 9.93. The fourth-order valence-electron chi connectivity index (χ4n) is 5.68. The molecule has 35 heavy (non-hydrogen) atoms. The SMILES string of the molecule is CCn1c(C2(C)CCCN2C(=O)c2cc(C)ccc2-c2cccc(C)c2)nc2cc(C)c(C)cc21. The Labute approximate surface area is 208 Å². The van der Waals surface area contributed by atoms with Crippen molar-refractivity contribution < 1.29 is 4.79 Å². The largest absolute Gasteiger partial charge is 0.326 e. The lowest BCUT2D eigenvalue weighted by Gasteiger charge is -2.35. The molecule has 1 fully saturated rings. The molecular formula is C31H35N3O. The van der Waals surface area contributed by atoms with Gasteiger partial charge in [-0.2, -0.15) is 0 Å². The molecule has 1 atom stereocenters. The Morgan fingerprint density at radius 3 is 2.46 bits per heavy atom. The first-order valence-corrected chi connectivity index (χ1v) is 12.7. The van der Waals surface area contributed by atoms with Gasteiger partial charge in [-0.15, -0.1) is 0 Å². The van der Waals surface area contributed by atoms with Crippen molar-refractivity contribution in [1.82, 2.24) is 14.5 Å². The average molecular weight is 466 g/mol. The highest BCUT2D eigenvalue weighted by molar-refractivity contribution is 6.01. The van der Waals surface area contributed by atoms with Gasteiger partial charge in [0, 0.05) is 18.7 Å². The Morgan fingerprint density at radius 1 is 0.971 bits per heavy atom. The highest BCUT2D eigenvalue weighted by atomic mass is 16.2. The topological polar surface area (TPSA) is 38.1 Å². The van der Waals surface area contributed by atoms with Crippen LogP contribution in [0.5, 0.6) is 0 Å². The van der Waals surface area contributed by atoms with Crippen LogP contribution in [0.25, 0.3) is 22.2 Å². The highest BCUT2D eigenvalue weighted by Gasteiger charge is 2.45. The summed E-state index contributed by atoms with van der Waals surface area (Å²) in [4.78, 5) is 21.5. The van der Waals surface area contributed by atoms with Gasteiger partial charge in [0.2, 0.25) is 0 Å². The molecule has 1 saturated heterocycles. The van der Waals surface area contributed by atoms with Crippen LogP contribution in [0.4, 0.5) is 0 Å². The lowest BCUT2D eigenvalue weighted by molar-refractivity contribution is 0.0599. The molecule has 1 unspecified atom stereocenters. The maximum absolute atomic E-state index is 14.3. The van der Waals surface area contributed by atoms with Gasteiger partial charge in [0.05, 0.1) is 16.6 Å². The van der Waals surface area contributed by atoms with Crippen molar-refractivity contribution in [2.24, 2.45) is 0 Å². The van der Waals surface area contributed by atoms with Gasteiger partial charge in [0.25, 0.3) is 5.91 Å². The third kappa shape index (κ3) is 3.85. The molecule has 180 valence electrons. The molecule has 0 N–H and O–H groups in total. The first-order chi connectivity index (χ1) is 16.7. The van der Waals surface area contributed by atoms with E-state index in [0.717, 1.165) is 65.0 Å². The predicted molar refractivity (Wildman–Crippen MR) is 144 cm³/mol. The van der Waals surface area contributed by atoms with E-state index in [-0.39, 0.29) is 5.91 Å². The molecule has 0 saturated carbocycles. The van der Waals surface area contributed by atoms with E-state index in [1.165, 1.54) is 16.7 Å². The van der Waals surface area contributed by atoms with Crippen molar-refractivity contribution in [2.75, 3.05) is 6.54 Å². The average Bonchev–Trinajstić information content (AvgIpc) is 3.40. The van der Waals surface area contributed by atoms with E-state index in [4.69, 9.17) is 4.98 Å². The van der Waals surface area contributed by atoms with Crippen molar-refractivity contribution in [3.63, 3.8) is 0 Å². The van der Waals surface area contributed by atoms with Gasteiger partial charge < -0.3 is 9.47 Å². The number of rotatable bonds is 4. The minimum atomic E-state index is -0.457. The summed E-state index contributed by atoms with van der Waals surface area (Å²) >= 11 is 0. The standard InChI is InChI=1S/C31H35N3O/c1-7-33-28-19-23(5)22(4)18-27(28)32-30(33)31(6)14-9-15-34(31)29(35)26-17-21(3)12-13-25(26)24-11-8-10-20(2)16-24/h8,10-13,16-19H,7,9,14-15H2,1-6H3. The number of aryl methyl sites for hydroxylation is 5. The minimum Gasteiger partial charge on any atom is -0.326 e. The molecule has 3 aromatic carbocycles. The molecule has 4 nitrogen and oxygen atoms in total. The number of aromatic nitrogens is 2. The van der Waals surface area contributed by atoms with Crippen molar-refractivity contribution in [3.05, 3.63) is 88.2 Å². The number of amides is 1. The number of hydrogen-bond acceptors (Lipinski definition) is 2. The number of hydrogen-bond donors (Lipinski definition) is 0. The normalized spacial score (nSPS) is 17.9. The zero-order valence-corrected chi connectivity index (χ0v) is 21.8. The van der Waals surface area contributed by atoms with Gasteiger partial charge >= 0.3 is 0 Å². The zero-order valence-electron chi connectivity index (χ0n) is 21.8. The monoisotopic (exact) mass is 465 g/mol. The van der Waals surface area contributed by atoms with Crippen LogP contribution in [0.15, 0.2) is 54.6 Å². The van der Waals surface area contributed by atoms with Crippen molar-refractivity contribution in [2.45, 2.75) is 66.5 Å². The number of carbonyl (C=O) groups excluding carboxylic acids is 1. The molecule has 1 aromatic heterocycles. The Bertz CT molecular complexity index is 1450. The zero-order chi connectivity index (χ0) is 24.9. The minimum absolute atomic E-state index is 0.0901. The first kappa shape index (κ1) is 23.3. The summed E-state index contributed by atoms with van der Waals surface area (Å²) in [5.74, 6) is 1.09. The highest BCUT2D eigenvalue weighted by Crippen LogP contribution is 2.41. The van der Waals surface area contributed by atoms with Gasteiger partial charge in [-0.3, -0.25) is 4.79 Å². The number of nitrogens with zero attached hydrogens (tertiary/aromatic N) is 3. The van der Waals surface area contributed by atoms with Gasteiger partial charge in [-0.05, 0) is 94.8 Å². The smallest absolute Gasteiger partial charge is 0.255 e. The number of benzene rings is 3. The molecule has 1 aliphatic rings. The summed E-state index contributed by atoms with van der Waals surface area (Å²) in [6.45, 7) is 14.4. The van der Waals surface area contributed by atoms with Gasteiger partial charge in [0.1, 0.15) is 5.82 Å². The van der Waals surface area contributed by atoms with E-state index in [9.17, 15) is 4.79 Å². The van der Waals surface area contributed by atoms with Crippen LogP contribution in [-0.2, 0) is 12.1 Å². The molecule has 4 heteroatoms. The summed E-state index contributed by atoms with van der Waals surface area (Å²) < 4.78 is 2.31. The molecule has 0 bridgehead atoms. The van der Waals surface area contributed by atoms with E-state index < -0.39 is 5.54 Å². The number of fused-ring (bicyclic) bond motifs is 1. The number of likely N-dealkylation sites (tertiary alicyclic amines) is 1. The molecule has 4 aromatic rings. The third-order valence-corrected chi connectivity index (χ3v) is 7.78. The van der Waals surface area contributed by atoms with Gasteiger partial charge in [0.15, 0.2) is 0 Å². The molecule has 5 rings (SSSR count). The third-order valence-electron chi connectivity index (χ3n) is 7.78. The Morgan fingerprint density at radius 2 is 1.71 bits per heavy atom. The molecular weight excluding hydrogens is 430 g/mol. The second kappa shape index (κ2) is 8.67. The molecule has 2 heterocycles. The summed E-state index contributed by atoms with van der Waals surface area (Å²) in [6.07, 6.45) is 1.88. The fraction of sp³-hybridized carbons (Fsp3) is 0.355. The van der Waals surface area contributed by atoms with E-state index in [2.05, 4.69) is 99.5 Å². The molecule has 0 aliphatic carbocycles. The second-order valence-electron chi connectivity index (χ2n) is 10.4. The number of carbonyl (C=O) groups is 1. The van der Waals surface area contributed by atoms with Crippen LogP contribution in [0.3, 0.4) is 0 Å². The molecule has 1 amide bonds. The van der Waals surface area contributed by atoms with Crippen LogP contribution in [0, 0.1) is 27.7 Å². The molecule has 1 aliphatic heterocycles. The summed E-state index contributed by atoms with van der Waals surface area (Å²) in [6, 6.07) is 19.1. The maximum atomic E-state index is 14.3. The van der Waals surface area contributed by atoms with Crippen LogP contribution < -0.4 is 0 Å². The first-order valence-electron chi connectivity index (χ1n) is 12.7. The van der Waals surface area contributed by atoms with E-state index >= 15 is 0 Å². The van der Waals surface area contributed by atoms with Crippen LogP contribution in [0.2, 0.25) is 0 Å². The predicted octanol–water partition coefficient (Wildman–Crippen LogP) is 7.11. The Balaban J connectivity index is 1.63. The Hall–Kier alpha value is -3.40. The van der Waals surface area contributed by atoms with Gasteiger partial charge in [-0.25, -0.2) is 4.98 Å². The van der Waals surface area contributed by atoms with E-state index in [1.54, 1.807) is 0 Å². The van der Waals surface area contributed by atoms with Gasteiger partial charge in [-0.1, -0.05) is 47.5 Å². The van der Waals surface area contributed by atoms with Crippen LogP contribution in [0.1, 0.15) is 65.1 Å². The van der Waals surface area contributed by atoms with Crippen molar-refractivity contribution in [1.29, 1.82) is 0 Å². The van der Waals surface area contributed by atoms with Crippen LogP contribution >= 0.6 is 0 Å². The Kier molecular flexibility index (Phi) is 5.79. The summed E-state index contributed by atoms with van der Waals surface area (Å²) in [5.41, 5.74) is 9.37. The lowest BCUT2D eigenvalue weighted by Crippen LogP contribution is -2.44. The molecule has 0 radical (unpaired) electrons. The quantitative estimate of drug-likeness (QED) is 0.322. The fourth-order valence-corrected chi connectivity index (χ4v) is 5.68. The number of imidazole rings is 1. The van der Waals surface area contributed by atoms with E-state index in [1.807, 2.05) is 6.07 Å².